The number of carbonyl (C=O) groups is 1. The van der Waals surface area contributed by atoms with E-state index >= 15 is 0 Å². The minimum atomic E-state index is 0.409. The van der Waals surface area contributed by atoms with Gasteiger partial charge in [-0.2, -0.15) is 0 Å². The summed E-state index contributed by atoms with van der Waals surface area (Å²) in [6.07, 6.45) is 7.09. The molecule has 2 atom stereocenters. The van der Waals surface area contributed by atoms with Gasteiger partial charge in [0.1, 0.15) is 0 Å². The van der Waals surface area contributed by atoms with Crippen molar-refractivity contribution in [3.63, 3.8) is 0 Å². The first-order valence-corrected chi connectivity index (χ1v) is 5.99. The van der Waals surface area contributed by atoms with E-state index in [0.717, 1.165) is 6.42 Å². The van der Waals surface area contributed by atoms with Crippen LogP contribution >= 0.6 is 0 Å². The van der Waals surface area contributed by atoms with Gasteiger partial charge in [0, 0.05) is 18.5 Å². The van der Waals surface area contributed by atoms with E-state index in [4.69, 9.17) is 0 Å². The van der Waals surface area contributed by atoms with Gasteiger partial charge >= 0.3 is 0 Å². The van der Waals surface area contributed by atoms with Crippen LogP contribution in [-0.4, -0.2) is 22.9 Å². The van der Waals surface area contributed by atoms with Crippen LogP contribution in [0.4, 0.5) is 0 Å². The van der Waals surface area contributed by atoms with Gasteiger partial charge in [-0.15, -0.1) is 0 Å². The van der Waals surface area contributed by atoms with Crippen molar-refractivity contribution in [1.29, 1.82) is 0 Å². The van der Waals surface area contributed by atoms with Crippen molar-refractivity contribution in [1.82, 2.24) is 4.90 Å². The molecule has 0 aliphatic carbocycles. The molecule has 80 valence electrons. The second kappa shape index (κ2) is 3.92. The van der Waals surface area contributed by atoms with Crippen molar-refractivity contribution in [3.05, 3.63) is 0 Å². The van der Waals surface area contributed by atoms with Crippen LogP contribution in [0.3, 0.4) is 0 Å². The Hall–Kier alpha value is -0.530. The average molecular weight is 195 g/mol. The summed E-state index contributed by atoms with van der Waals surface area (Å²) in [5.41, 5.74) is 0. The third-order valence-electron chi connectivity index (χ3n) is 3.57. The molecular formula is C12H21NO. The molecule has 14 heavy (non-hydrogen) atoms. The highest BCUT2D eigenvalue weighted by Crippen LogP contribution is 2.36. The number of amides is 1. The van der Waals surface area contributed by atoms with Crippen LogP contribution in [0.1, 0.15) is 52.4 Å². The Morgan fingerprint density at radius 3 is 2.29 bits per heavy atom. The Bertz CT molecular complexity index is 208. The maximum atomic E-state index is 12.0. The highest BCUT2D eigenvalue weighted by Gasteiger charge is 2.38. The summed E-state index contributed by atoms with van der Waals surface area (Å²) in [4.78, 5) is 14.2. The van der Waals surface area contributed by atoms with Crippen LogP contribution < -0.4 is 0 Å². The number of hydrogen-bond donors (Lipinski definition) is 0. The van der Waals surface area contributed by atoms with E-state index < -0.39 is 0 Å². The molecule has 0 N–H and O–H groups in total. The maximum Gasteiger partial charge on any atom is 0.223 e. The second-order valence-electron chi connectivity index (χ2n) is 5.21. The summed E-state index contributed by atoms with van der Waals surface area (Å²) in [5.74, 6) is 0.913. The van der Waals surface area contributed by atoms with Gasteiger partial charge in [-0.25, -0.2) is 0 Å². The lowest BCUT2D eigenvalue weighted by atomic mass is 10.0. The molecule has 0 aromatic carbocycles. The van der Waals surface area contributed by atoms with Gasteiger partial charge in [0.2, 0.25) is 5.91 Å². The first-order chi connectivity index (χ1) is 6.68. The number of piperidine rings is 1. The van der Waals surface area contributed by atoms with E-state index in [2.05, 4.69) is 18.7 Å². The molecular weight excluding hydrogens is 174 g/mol. The topological polar surface area (TPSA) is 20.3 Å². The van der Waals surface area contributed by atoms with E-state index in [0.29, 0.717) is 23.9 Å². The summed E-state index contributed by atoms with van der Waals surface area (Å²) in [7, 11) is 0. The molecule has 2 unspecified atom stereocenters. The van der Waals surface area contributed by atoms with Crippen LogP contribution in [0.25, 0.3) is 0 Å². The van der Waals surface area contributed by atoms with Crippen molar-refractivity contribution >= 4 is 5.91 Å². The molecule has 0 spiro atoms. The molecule has 2 rings (SSSR count). The van der Waals surface area contributed by atoms with Gasteiger partial charge < -0.3 is 4.90 Å². The van der Waals surface area contributed by atoms with Crippen molar-refractivity contribution in [2.45, 2.75) is 64.5 Å². The van der Waals surface area contributed by atoms with Gasteiger partial charge in [-0.05, 0) is 38.0 Å². The molecule has 0 radical (unpaired) electrons. The summed E-state index contributed by atoms with van der Waals surface area (Å²) < 4.78 is 0. The SMILES string of the molecule is CC(C)CC(=O)N1C2CCCC1CC2. The molecule has 2 aliphatic heterocycles. The molecule has 2 saturated heterocycles. The number of nitrogens with zero attached hydrogens (tertiary/aromatic N) is 1. The van der Waals surface area contributed by atoms with Gasteiger partial charge in [-0.3, -0.25) is 4.79 Å². The number of rotatable bonds is 2. The molecule has 2 heteroatoms. The number of carbonyl (C=O) groups excluding carboxylic acids is 1. The molecule has 0 aromatic rings. The monoisotopic (exact) mass is 195 g/mol. The van der Waals surface area contributed by atoms with Gasteiger partial charge in [0.25, 0.3) is 0 Å². The van der Waals surface area contributed by atoms with Crippen molar-refractivity contribution in [3.8, 4) is 0 Å². The molecule has 2 heterocycles. The number of hydrogen-bond acceptors (Lipinski definition) is 1. The predicted octanol–water partition coefficient (Wildman–Crippen LogP) is 2.58. The highest BCUT2D eigenvalue weighted by molar-refractivity contribution is 5.77. The quantitative estimate of drug-likeness (QED) is 0.663. The predicted molar refractivity (Wildman–Crippen MR) is 57.0 cm³/mol. The first-order valence-electron chi connectivity index (χ1n) is 5.99. The Balaban J connectivity index is 2.00. The van der Waals surface area contributed by atoms with E-state index in [9.17, 15) is 4.79 Å². The first kappa shape index (κ1) is 10.0. The second-order valence-corrected chi connectivity index (χ2v) is 5.21. The largest absolute Gasteiger partial charge is 0.337 e. The van der Waals surface area contributed by atoms with E-state index in [-0.39, 0.29) is 0 Å². The lowest BCUT2D eigenvalue weighted by Gasteiger charge is -2.35. The van der Waals surface area contributed by atoms with Crippen molar-refractivity contribution < 1.29 is 4.79 Å². The third-order valence-corrected chi connectivity index (χ3v) is 3.57. The number of fused-ring (bicyclic) bond motifs is 2. The summed E-state index contributed by atoms with van der Waals surface area (Å²) in [5, 5.41) is 0. The van der Waals surface area contributed by atoms with Crippen LogP contribution in [0.15, 0.2) is 0 Å². The molecule has 0 saturated carbocycles. The van der Waals surface area contributed by atoms with Gasteiger partial charge in [0.05, 0.1) is 0 Å². The molecule has 2 aliphatic rings. The summed E-state index contributed by atoms with van der Waals surface area (Å²) in [6.45, 7) is 4.26. The molecule has 2 fully saturated rings. The fraction of sp³-hybridized carbons (Fsp3) is 0.917. The molecule has 0 aromatic heterocycles. The van der Waals surface area contributed by atoms with E-state index in [1.165, 1.54) is 32.1 Å². The normalized spacial score (nSPS) is 31.2. The van der Waals surface area contributed by atoms with E-state index in [1.807, 2.05) is 0 Å². The van der Waals surface area contributed by atoms with Crippen LogP contribution in [0, 0.1) is 5.92 Å². The zero-order valence-electron chi connectivity index (χ0n) is 9.33. The Kier molecular flexibility index (Phi) is 2.80. The lowest BCUT2D eigenvalue weighted by Crippen LogP contribution is -2.44. The average Bonchev–Trinajstić information content (AvgIpc) is 2.36. The highest BCUT2D eigenvalue weighted by atomic mass is 16.2. The van der Waals surface area contributed by atoms with Gasteiger partial charge in [0.15, 0.2) is 0 Å². The Morgan fingerprint density at radius 1 is 1.21 bits per heavy atom. The zero-order chi connectivity index (χ0) is 10.1. The molecule has 1 amide bonds. The fourth-order valence-corrected chi connectivity index (χ4v) is 2.98. The third kappa shape index (κ3) is 1.79. The van der Waals surface area contributed by atoms with Crippen molar-refractivity contribution in [2.24, 2.45) is 5.92 Å². The van der Waals surface area contributed by atoms with Crippen molar-refractivity contribution in [2.75, 3.05) is 0 Å². The minimum Gasteiger partial charge on any atom is -0.337 e. The van der Waals surface area contributed by atoms with Crippen LogP contribution in [0.5, 0.6) is 0 Å². The fourth-order valence-electron chi connectivity index (χ4n) is 2.98. The Labute approximate surface area is 86.7 Å². The maximum absolute atomic E-state index is 12.0. The standard InChI is InChI=1S/C12H21NO/c1-9(2)8-12(14)13-10-4-3-5-11(13)7-6-10/h9-11H,3-8H2,1-2H3. The smallest absolute Gasteiger partial charge is 0.223 e. The Morgan fingerprint density at radius 2 is 1.79 bits per heavy atom. The van der Waals surface area contributed by atoms with Crippen LogP contribution in [-0.2, 0) is 4.79 Å². The van der Waals surface area contributed by atoms with Crippen LogP contribution in [0.2, 0.25) is 0 Å². The summed E-state index contributed by atoms with van der Waals surface area (Å²) >= 11 is 0. The lowest BCUT2D eigenvalue weighted by molar-refractivity contribution is -0.136. The summed E-state index contributed by atoms with van der Waals surface area (Å²) in [6, 6.07) is 1.19. The zero-order valence-corrected chi connectivity index (χ0v) is 9.33. The minimum absolute atomic E-state index is 0.409. The van der Waals surface area contributed by atoms with Gasteiger partial charge in [-0.1, -0.05) is 13.8 Å². The molecule has 2 bridgehead atoms. The van der Waals surface area contributed by atoms with E-state index in [1.54, 1.807) is 0 Å². The molecule has 2 nitrogen and oxygen atoms in total.